The van der Waals surface area contributed by atoms with Crippen LogP contribution in [0.15, 0.2) is 21.7 Å². The maximum Gasteiger partial charge on any atom is 0.250 e. The molecule has 2 rings (SSSR count). The van der Waals surface area contributed by atoms with E-state index in [0.29, 0.717) is 16.7 Å². The second-order valence-electron chi connectivity index (χ2n) is 4.00. The van der Waals surface area contributed by atoms with Gasteiger partial charge in [0.1, 0.15) is 4.21 Å². The third-order valence-corrected chi connectivity index (χ3v) is 5.54. The molecule has 16 heavy (non-hydrogen) atoms. The van der Waals surface area contributed by atoms with Gasteiger partial charge in [0.15, 0.2) is 0 Å². The Balaban J connectivity index is 1.89. The van der Waals surface area contributed by atoms with E-state index in [0.717, 1.165) is 25.9 Å². The maximum absolute atomic E-state index is 11.8. The molecule has 0 bridgehead atoms. The molecule has 90 valence electrons. The highest BCUT2D eigenvalue weighted by atomic mass is 32.2. The molecule has 1 aliphatic heterocycles. The first kappa shape index (κ1) is 12.0. The molecule has 1 aliphatic rings. The number of hydrogen-bond acceptors (Lipinski definition) is 4. The first-order chi connectivity index (χ1) is 7.68. The smallest absolute Gasteiger partial charge is 0.250 e. The summed E-state index contributed by atoms with van der Waals surface area (Å²) in [5, 5.41) is 5.05. The van der Waals surface area contributed by atoms with E-state index in [-0.39, 0.29) is 0 Å². The SMILES string of the molecule is O=S(=O)(NC[C@H]1CCCNC1)c1cccs1. The molecule has 0 saturated carbocycles. The summed E-state index contributed by atoms with van der Waals surface area (Å²) in [5.74, 6) is 0.420. The minimum Gasteiger partial charge on any atom is -0.316 e. The van der Waals surface area contributed by atoms with E-state index >= 15 is 0 Å². The standard InChI is InChI=1S/C10H16N2O2S2/c13-16(14,10-4-2-6-15-10)12-8-9-3-1-5-11-7-9/h2,4,6,9,11-12H,1,3,5,7-8H2/t9-/m0/s1. The summed E-state index contributed by atoms with van der Waals surface area (Å²) in [6, 6.07) is 3.38. The number of sulfonamides is 1. The van der Waals surface area contributed by atoms with Crippen LogP contribution in [0.2, 0.25) is 0 Å². The van der Waals surface area contributed by atoms with Crippen LogP contribution >= 0.6 is 11.3 Å². The summed E-state index contributed by atoms with van der Waals surface area (Å²) in [6.07, 6.45) is 2.23. The average molecular weight is 260 g/mol. The van der Waals surface area contributed by atoms with E-state index in [1.807, 2.05) is 0 Å². The van der Waals surface area contributed by atoms with Gasteiger partial charge in [0.25, 0.3) is 0 Å². The van der Waals surface area contributed by atoms with Crippen LogP contribution in [-0.2, 0) is 10.0 Å². The molecule has 1 aromatic rings. The lowest BCUT2D eigenvalue weighted by molar-refractivity contribution is 0.376. The Kier molecular flexibility index (Phi) is 3.96. The van der Waals surface area contributed by atoms with Crippen LogP contribution in [0, 0.1) is 5.92 Å². The first-order valence-corrected chi connectivity index (χ1v) is 7.78. The lowest BCUT2D eigenvalue weighted by Crippen LogP contribution is -2.37. The third-order valence-electron chi connectivity index (χ3n) is 2.72. The number of piperidine rings is 1. The summed E-state index contributed by atoms with van der Waals surface area (Å²) in [7, 11) is -3.28. The molecule has 0 spiro atoms. The predicted octanol–water partition coefficient (Wildman–Crippen LogP) is 1.03. The molecule has 6 heteroatoms. The quantitative estimate of drug-likeness (QED) is 0.850. The van der Waals surface area contributed by atoms with E-state index < -0.39 is 10.0 Å². The number of hydrogen-bond donors (Lipinski definition) is 2. The predicted molar refractivity (Wildman–Crippen MR) is 65.1 cm³/mol. The van der Waals surface area contributed by atoms with Gasteiger partial charge in [-0.15, -0.1) is 11.3 Å². The van der Waals surface area contributed by atoms with Crippen LogP contribution in [0.25, 0.3) is 0 Å². The van der Waals surface area contributed by atoms with Crippen molar-refractivity contribution in [1.29, 1.82) is 0 Å². The van der Waals surface area contributed by atoms with Gasteiger partial charge in [0.2, 0.25) is 10.0 Å². The molecule has 2 heterocycles. The van der Waals surface area contributed by atoms with Crippen LogP contribution in [-0.4, -0.2) is 28.1 Å². The lowest BCUT2D eigenvalue weighted by Gasteiger charge is -2.22. The van der Waals surface area contributed by atoms with Gasteiger partial charge in [-0.1, -0.05) is 6.07 Å². The Labute approximate surface area is 100 Å². The highest BCUT2D eigenvalue weighted by Gasteiger charge is 2.18. The van der Waals surface area contributed by atoms with Crippen LogP contribution in [0.5, 0.6) is 0 Å². The monoisotopic (exact) mass is 260 g/mol. The van der Waals surface area contributed by atoms with Crippen molar-refractivity contribution in [2.75, 3.05) is 19.6 Å². The Bertz CT molecular complexity index is 408. The second-order valence-corrected chi connectivity index (χ2v) is 6.94. The van der Waals surface area contributed by atoms with E-state index in [4.69, 9.17) is 0 Å². The second kappa shape index (κ2) is 5.27. The van der Waals surface area contributed by atoms with Crippen molar-refractivity contribution < 1.29 is 8.42 Å². The lowest BCUT2D eigenvalue weighted by atomic mass is 10.0. The van der Waals surface area contributed by atoms with E-state index in [1.54, 1.807) is 17.5 Å². The normalized spacial score (nSPS) is 22.1. The number of nitrogens with one attached hydrogen (secondary N) is 2. The average Bonchev–Trinajstić information content (AvgIpc) is 2.82. The highest BCUT2D eigenvalue weighted by molar-refractivity contribution is 7.91. The van der Waals surface area contributed by atoms with Crippen molar-refractivity contribution in [3.05, 3.63) is 17.5 Å². The molecule has 0 aliphatic carbocycles. The van der Waals surface area contributed by atoms with E-state index in [9.17, 15) is 8.42 Å². The molecule has 1 saturated heterocycles. The maximum atomic E-state index is 11.8. The molecular weight excluding hydrogens is 244 g/mol. The van der Waals surface area contributed by atoms with Crippen molar-refractivity contribution in [3.8, 4) is 0 Å². The van der Waals surface area contributed by atoms with Crippen LogP contribution in [0.4, 0.5) is 0 Å². The van der Waals surface area contributed by atoms with Crippen molar-refractivity contribution >= 4 is 21.4 Å². The molecule has 1 fully saturated rings. The van der Waals surface area contributed by atoms with Crippen molar-refractivity contribution in [3.63, 3.8) is 0 Å². The van der Waals surface area contributed by atoms with E-state index in [1.165, 1.54) is 11.3 Å². The van der Waals surface area contributed by atoms with Crippen molar-refractivity contribution in [1.82, 2.24) is 10.0 Å². The highest BCUT2D eigenvalue weighted by Crippen LogP contribution is 2.16. The third kappa shape index (κ3) is 3.04. The van der Waals surface area contributed by atoms with Gasteiger partial charge >= 0.3 is 0 Å². The minimum atomic E-state index is -3.28. The Morgan fingerprint density at radius 1 is 1.56 bits per heavy atom. The fraction of sp³-hybridized carbons (Fsp3) is 0.600. The molecule has 0 radical (unpaired) electrons. The minimum absolute atomic E-state index is 0.399. The molecule has 2 N–H and O–H groups in total. The van der Waals surface area contributed by atoms with Gasteiger partial charge in [-0.2, -0.15) is 0 Å². The summed E-state index contributed by atoms with van der Waals surface area (Å²) in [4.78, 5) is 0. The molecule has 1 aromatic heterocycles. The Morgan fingerprint density at radius 2 is 2.44 bits per heavy atom. The van der Waals surface area contributed by atoms with Crippen molar-refractivity contribution in [2.24, 2.45) is 5.92 Å². The summed E-state index contributed by atoms with van der Waals surface area (Å²) in [5.41, 5.74) is 0. The molecule has 1 atom stereocenters. The van der Waals surface area contributed by atoms with Gasteiger partial charge in [-0.3, -0.25) is 0 Å². The summed E-state index contributed by atoms with van der Waals surface area (Å²) < 4.78 is 26.7. The van der Waals surface area contributed by atoms with Gasteiger partial charge < -0.3 is 5.32 Å². The molecular formula is C10H16N2O2S2. The van der Waals surface area contributed by atoms with Crippen LogP contribution < -0.4 is 10.0 Å². The molecule has 0 amide bonds. The Hall–Kier alpha value is -0.430. The number of thiophene rings is 1. The summed E-state index contributed by atoms with van der Waals surface area (Å²) >= 11 is 1.25. The van der Waals surface area contributed by atoms with Crippen molar-refractivity contribution in [2.45, 2.75) is 17.1 Å². The van der Waals surface area contributed by atoms with Crippen LogP contribution in [0.1, 0.15) is 12.8 Å². The fourth-order valence-corrected chi connectivity index (χ4v) is 3.97. The van der Waals surface area contributed by atoms with Gasteiger partial charge in [0, 0.05) is 6.54 Å². The first-order valence-electron chi connectivity index (χ1n) is 5.42. The fourth-order valence-electron chi connectivity index (χ4n) is 1.81. The topological polar surface area (TPSA) is 58.2 Å². The zero-order valence-corrected chi connectivity index (χ0v) is 10.6. The molecule has 0 aromatic carbocycles. The van der Waals surface area contributed by atoms with Gasteiger partial charge in [-0.05, 0) is 43.3 Å². The zero-order valence-electron chi connectivity index (χ0n) is 8.98. The van der Waals surface area contributed by atoms with Gasteiger partial charge in [0.05, 0.1) is 0 Å². The van der Waals surface area contributed by atoms with E-state index in [2.05, 4.69) is 10.0 Å². The summed E-state index contributed by atoms with van der Waals surface area (Å²) in [6.45, 7) is 2.49. The molecule has 4 nitrogen and oxygen atoms in total. The zero-order chi connectivity index (χ0) is 11.4. The Morgan fingerprint density at radius 3 is 3.06 bits per heavy atom. The largest absolute Gasteiger partial charge is 0.316 e. The number of rotatable bonds is 4. The molecule has 0 unspecified atom stereocenters. The van der Waals surface area contributed by atoms with Crippen LogP contribution in [0.3, 0.4) is 0 Å². The van der Waals surface area contributed by atoms with Gasteiger partial charge in [-0.25, -0.2) is 13.1 Å².